The first-order chi connectivity index (χ1) is 8.24. The van der Waals surface area contributed by atoms with Crippen LogP contribution >= 0.6 is 0 Å². The third-order valence-electron chi connectivity index (χ3n) is 2.38. The average Bonchev–Trinajstić information content (AvgIpc) is 2.34. The highest BCUT2D eigenvalue weighted by atomic mass is 16.2. The minimum absolute atomic E-state index is 0.181. The number of aromatic nitrogens is 2. The summed E-state index contributed by atoms with van der Waals surface area (Å²) < 4.78 is 0. The molecule has 94 valence electrons. The van der Waals surface area contributed by atoms with E-state index in [0.29, 0.717) is 12.2 Å². The molecule has 0 bridgehead atoms. The number of amides is 1. The lowest BCUT2D eigenvalue weighted by molar-refractivity contribution is 0.0947. The smallest absolute Gasteiger partial charge is 0.271 e. The van der Waals surface area contributed by atoms with Gasteiger partial charge >= 0.3 is 0 Å². The van der Waals surface area contributed by atoms with E-state index in [1.807, 2.05) is 6.92 Å². The molecule has 0 aliphatic carbocycles. The van der Waals surface area contributed by atoms with Crippen LogP contribution in [0.2, 0.25) is 0 Å². The fraction of sp³-hybridized carbons (Fsp3) is 0.583. The van der Waals surface area contributed by atoms with E-state index < -0.39 is 0 Å². The van der Waals surface area contributed by atoms with Crippen molar-refractivity contribution in [3.05, 3.63) is 23.8 Å². The molecule has 0 unspecified atom stereocenters. The second-order valence-electron chi connectivity index (χ2n) is 3.94. The Morgan fingerprint density at radius 1 is 1.24 bits per heavy atom. The molecule has 1 aromatic heterocycles. The fourth-order valence-electron chi connectivity index (χ4n) is 1.39. The Morgan fingerprint density at radius 2 is 2.00 bits per heavy atom. The van der Waals surface area contributed by atoms with Crippen LogP contribution in [0, 0.1) is 6.92 Å². The van der Waals surface area contributed by atoms with Gasteiger partial charge in [-0.1, -0.05) is 12.8 Å². The quantitative estimate of drug-likeness (QED) is 0.695. The van der Waals surface area contributed by atoms with Gasteiger partial charge in [0.15, 0.2) is 0 Å². The van der Waals surface area contributed by atoms with Crippen molar-refractivity contribution in [1.29, 1.82) is 0 Å². The number of hydrogen-bond donors (Lipinski definition) is 2. The van der Waals surface area contributed by atoms with Crippen LogP contribution in [0.3, 0.4) is 0 Å². The van der Waals surface area contributed by atoms with Gasteiger partial charge in [0.1, 0.15) is 5.69 Å². The van der Waals surface area contributed by atoms with Crippen LogP contribution < -0.4 is 5.32 Å². The molecule has 1 rings (SSSR count). The molecule has 5 nitrogen and oxygen atoms in total. The van der Waals surface area contributed by atoms with Crippen LogP contribution in [-0.4, -0.2) is 34.1 Å². The van der Waals surface area contributed by atoms with E-state index in [1.54, 1.807) is 6.20 Å². The molecule has 0 atom stereocenters. The number of aliphatic hydroxyl groups is 1. The maximum Gasteiger partial charge on any atom is 0.271 e. The molecule has 0 spiro atoms. The summed E-state index contributed by atoms with van der Waals surface area (Å²) in [5.41, 5.74) is 1.15. The minimum Gasteiger partial charge on any atom is -0.396 e. The van der Waals surface area contributed by atoms with Crippen LogP contribution in [0.5, 0.6) is 0 Å². The van der Waals surface area contributed by atoms with Crippen molar-refractivity contribution in [2.24, 2.45) is 0 Å². The summed E-state index contributed by atoms with van der Waals surface area (Å²) in [5, 5.41) is 11.4. The number of aliphatic hydroxyl groups excluding tert-OH is 1. The van der Waals surface area contributed by atoms with E-state index in [-0.39, 0.29) is 12.5 Å². The van der Waals surface area contributed by atoms with Crippen LogP contribution in [0.25, 0.3) is 0 Å². The second-order valence-corrected chi connectivity index (χ2v) is 3.94. The van der Waals surface area contributed by atoms with Crippen LogP contribution in [0.1, 0.15) is 41.9 Å². The van der Waals surface area contributed by atoms with Crippen LogP contribution in [-0.2, 0) is 0 Å². The van der Waals surface area contributed by atoms with E-state index in [4.69, 9.17) is 5.11 Å². The molecule has 0 saturated carbocycles. The summed E-state index contributed by atoms with van der Waals surface area (Å²) in [6.45, 7) is 2.71. The largest absolute Gasteiger partial charge is 0.396 e. The summed E-state index contributed by atoms with van der Waals surface area (Å²) in [7, 11) is 0. The van der Waals surface area contributed by atoms with Gasteiger partial charge in [-0.05, 0) is 19.8 Å². The standard InChI is InChI=1S/C12H19N3O2/c1-10-8-15-11(9-14-10)12(17)13-6-4-2-3-5-7-16/h8-9,16H,2-7H2,1H3,(H,13,17). The first-order valence-electron chi connectivity index (χ1n) is 5.91. The van der Waals surface area contributed by atoms with E-state index in [9.17, 15) is 4.79 Å². The third kappa shape index (κ3) is 5.40. The van der Waals surface area contributed by atoms with Gasteiger partial charge in [0.2, 0.25) is 0 Å². The zero-order chi connectivity index (χ0) is 12.5. The summed E-state index contributed by atoms with van der Waals surface area (Å²) in [6.07, 6.45) is 6.83. The molecule has 1 amide bonds. The molecule has 5 heteroatoms. The molecule has 17 heavy (non-hydrogen) atoms. The number of nitrogens with one attached hydrogen (secondary N) is 1. The van der Waals surface area contributed by atoms with Crippen molar-refractivity contribution in [3.8, 4) is 0 Å². The Labute approximate surface area is 101 Å². The second kappa shape index (κ2) is 7.73. The van der Waals surface area contributed by atoms with Crippen molar-refractivity contribution in [3.63, 3.8) is 0 Å². The average molecular weight is 237 g/mol. The van der Waals surface area contributed by atoms with Gasteiger partial charge in [-0.15, -0.1) is 0 Å². The fourth-order valence-corrected chi connectivity index (χ4v) is 1.39. The maximum absolute atomic E-state index is 11.6. The lowest BCUT2D eigenvalue weighted by Crippen LogP contribution is -2.25. The SMILES string of the molecule is Cc1cnc(C(=O)NCCCCCCO)cn1. The first kappa shape index (κ1) is 13.6. The van der Waals surface area contributed by atoms with Gasteiger partial charge in [-0.3, -0.25) is 9.78 Å². The van der Waals surface area contributed by atoms with E-state index in [2.05, 4.69) is 15.3 Å². The number of aryl methyl sites for hydroxylation is 1. The lowest BCUT2D eigenvalue weighted by Gasteiger charge is -2.04. The molecular formula is C12H19N3O2. The highest BCUT2D eigenvalue weighted by molar-refractivity contribution is 5.91. The van der Waals surface area contributed by atoms with E-state index >= 15 is 0 Å². The van der Waals surface area contributed by atoms with E-state index in [0.717, 1.165) is 31.4 Å². The maximum atomic E-state index is 11.6. The Kier molecular flexibility index (Phi) is 6.17. The lowest BCUT2D eigenvalue weighted by atomic mass is 10.2. The summed E-state index contributed by atoms with van der Waals surface area (Å²) >= 11 is 0. The molecule has 0 fully saturated rings. The van der Waals surface area contributed by atoms with Crippen LogP contribution in [0.4, 0.5) is 0 Å². The molecule has 0 radical (unpaired) electrons. The minimum atomic E-state index is -0.181. The van der Waals surface area contributed by atoms with Crippen molar-refractivity contribution in [2.45, 2.75) is 32.6 Å². The molecular weight excluding hydrogens is 218 g/mol. The van der Waals surface area contributed by atoms with Crippen molar-refractivity contribution in [1.82, 2.24) is 15.3 Å². The Morgan fingerprint density at radius 3 is 2.65 bits per heavy atom. The number of nitrogens with zero attached hydrogens (tertiary/aromatic N) is 2. The van der Waals surface area contributed by atoms with Gasteiger partial charge < -0.3 is 10.4 Å². The summed E-state index contributed by atoms with van der Waals surface area (Å²) in [4.78, 5) is 19.6. The predicted molar refractivity (Wildman–Crippen MR) is 64.7 cm³/mol. The molecule has 0 aliphatic heterocycles. The number of carbonyl (C=O) groups excluding carboxylic acids is 1. The summed E-state index contributed by atoms with van der Waals surface area (Å²) in [6, 6.07) is 0. The van der Waals surface area contributed by atoms with Gasteiger partial charge in [0.05, 0.1) is 11.9 Å². The van der Waals surface area contributed by atoms with Gasteiger partial charge in [0.25, 0.3) is 5.91 Å². The molecule has 1 heterocycles. The normalized spacial score (nSPS) is 10.2. The first-order valence-corrected chi connectivity index (χ1v) is 5.91. The van der Waals surface area contributed by atoms with Gasteiger partial charge in [0, 0.05) is 19.3 Å². The highest BCUT2D eigenvalue weighted by Gasteiger charge is 2.05. The van der Waals surface area contributed by atoms with E-state index in [1.165, 1.54) is 6.20 Å². The number of unbranched alkanes of at least 4 members (excludes halogenated alkanes) is 3. The van der Waals surface area contributed by atoms with Crippen molar-refractivity contribution >= 4 is 5.91 Å². The summed E-state index contributed by atoms with van der Waals surface area (Å²) in [5.74, 6) is -0.181. The molecule has 1 aromatic rings. The molecule has 2 N–H and O–H groups in total. The zero-order valence-corrected chi connectivity index (χ0v) is 10.1. The van der Waals surface area contributed by atoms with Gasteiger partial charge in [-0.25, -0.2) is 4.98 Å². The number of carbonyl (C=O) groups is 1. The third-order valence-corrected chi connectivity index (χ3v) is 2.38. The Balaban J connectivity index is 2.19. The zero-order valence-electron chi connectivity index (χ0n) is 10.1. The van der Waals surface area contributed by atoms with Gasteiger partial charge in [-0.2, -0.15) is 0 Å². The number of hydrogen-bond acceptors (Lipinski definition) is 4. The molecule has 0 saturated heterocycles. The molecule has 0 aliphatic rings. The Bertz CT molecular complexity index is 338. The van der Waals surface area contributed by atoms with Crippen LogP contribution in [0.15, 0.2) is 12.4 Å². The highest BCUT2D eigenvalue weighted by Crippen LogP contribution is 1.98. The van der Waals surface area contributed by atoms with Crippen molar-refractivity contribution < 1.29 is 9.90 Å². The van der Waals surface area contributed by atoms with Crippen molar-refractivity contribution in [2.75, 3.05) is 13.2 Å². The monoisotopic (exact) mass is 237 g/mol. The predicted octanol–water partition coefficient (Wildman–Crippen LogP) is 1.07. The topological polar surface area (TPSA) is 75.1 Å². The number of rotatable bonds is 7. The molecule has 0 aromatic carbocycles. The Hall–Kier alpha value is -1.49.